The summed E-state index contributed by atoms with van der Waals surface area (Å²) in [6.07, 6.45) is 6.41. The van der Waals surface area contributed by atoms with Gasteiger partial charge < -0.3 is 16.8 Å². The minimum absolute atomic E-state index is 0.495. The normalized spacial score (nSPS) is 11.3. The lowest BCUT2D eigenvalue weighted by Crippen LogP contribution is -2.27. The molecular weight excluding hydrogens is 188 g/mol. The van der Waals surface area contributed by atoms with Crippen LogP contribution in [0.4, 0.5) is 0 Å². The first-order valence-electron chi connectivity index (χ1n) is 5.56. The molecule has 0 aliphatic carbocycles. The quantitative estimate of drug-likeness (QED) is 0.338. The second-order valence-electron chi connectivity index (χ2n) is 3.84. The van der Waals surface area contributed by atoms with Crippen LogP contribution in [-0.4, -0.2) is 19.0 Å². The summed E-state index contributed by atoms with van der Waals surface area (Å²) in [4.78, 5) is 4.20. The number of guanidine groups is 1. The van der Waals surface area contributed by atoms with Gasteiger partial charge in [0.25, 0.3) is 0 Å². The Morgan fingerprint density at radius 3 is 2.47 bits per heavy atom. The molecule has 0 atom stereocenters. The van der Waals surface area contributed by atoms with Crippen molar-refractivity contribution < 1.29 is 0 Å². The maximum Gasteiger partial charge on any atom is 0.192 e. The molecule has 0 fully saturated rings. The van der Waals surface area contributed by atoms with Crippen LogP contribution in [0.2, 0.25) is 0 Å². The van der Waals surface area contributed by atoms with Crippen molar-refractivity contribution in [1.29, 1.82) is 0 Å². The van der Waals surface area contributed by atoms with Crippen molar-refractivity contribution in [2.24, 2.45) is 16.5 Å². The molecule has 0 aliphatic rings. The third-order valence-corrected chi connectivity index (χ3v) is 1.90. The molecule has 15 heavy (non-hydrogen) atoms. The number of aliphatic imine (C=N–C) groups is 1. The summed E-state index contributed by atoms with van der Waals surface area (Å²) < 4.78 is 0. The van der Waals surface area contributed by atoms with Crippen molar-refractivity contribution in [2.75, 3.05) is 13.1 Å². The number of allylic oxidation sites excluding steroid dienone is 1. The monoisotopic (exact) mass is 212 g/mol. The van der Waals surface area contributed by atoms with Crippen LogP contribution >= 0.6 is 0 Å². The third kappa shape index (κ3) is 10.9. The molecule has 4 nitrogen and oxygen atoms in total. The van der Waals surface area contributed by atoms with Crippen LogP contribution in [0.3, 0.4) is 0 Å². The molecule has 0 aromatic rings. The summed E-state index contributed by atoms with van der Waals surface area (Å²) in [5.74, 6) is 0.495. The second kappa shape index (κ2) is 9.52. The van der Waals surface area contributed by atoms with Gasteiger partial charge in [-0.05, 0) is 33.2 Å². The molecule has 0 amide bonds. The van der Waals surface area contributed by atoms with Crippen LogP contribution in [0, 0.1) is 0 Å². The van der Waals surface area contributed by atoms with E-state index in [9.17, 15) is 0 Å². The van der Waals surface area contributed by atoms with Gasteiger partial charge in [0.2, 0.25) is 0 Å². The largest absolute Gasteiger partial charge is 0.370 e. The topological polar surface area (TPSA) is 76.4 Å². The first-order chi connectivity index (χ1) is 7.16. The molecule has 0 saturated carbocycles. The lowest BCUT2D eigenvalue weighted by molar-refractivity contribution is 0.653. The van der Waals surface area contributed by atoms with Crippen molar-refractivity contribution >= 4 is 5.96 Å². The van der Waals surface area contributed by atoms with Gasteiger partial charge >= 0.3 is 0 Å². The maximum atomic E-state index is 5.64. The molecule has 0 aromatic heterocycles. The summed E-state index contributed by atoms with van der Waals surface area (Å²) in [7, 11) is 0. The van der Waals surface area contributed by atoms with Gasteiger partial charge in [0.05, 0.1) is 0 Å². The number of rotatable bonds is 7. The van der Waals surface area contributed by atoms with Crippen molar-refractivity contribution in [1.82, 2.24) is 5.32 Å². The molecule has 0 heterocycles. The molecule has 5 N–H and O–H groups in total. The Bertz CT molecular complexity index is 205. The number of hydrogen-bond acceptors (Lipinski definition) is 2. The molecule has 0 aliphatic heterocycles. The standard InChI is InChI=1S/C11H24N4/c1-10(2)9-15-11(13)14-8-6-4-3-5-7-12/h9H,3-8,12H2,1-2H3,(H3,13,14,15). The molecule has 88 valence electrons. The van der Waals surface area contributed by atoms with Crippen molar-refractivity contribution in [3.63, 3.8) is 0 Å². The SMILES string of the molecule is CC(C)=CNC(N)=NCCCCCCN. The number of nitrogens with two attached hydrogens (primary N) is 2. The Morgan fingerprint density at radius 2 is 1.87 bits per heavy atom. The summed E-state index contributed by atoms with van der Waals surface area (Å²) in [5.41, 5.74) is 12.2. The van der Waals surface area contributed by atoms with E-state index >= 15 is 0 Å². The van der Waals surface area contributed by atoms with E-state index in [2.05, 4.69) is 10.3 Å². The third-order valence-electron chi connectivity index (χ3n) is 1.90. The van der Waals surface area contributed by atoms with Gasteiger partial charge in [-0.15, -0.1) is 0 Å². The Balaban J connectivity index is 3.46. The highest BCUT2D eigenvalue weighted by atomic mass is 15.1. The van der Waals surface area contributed by atoms with Gasteiger partial charge in [-0.1, -0.05) is 18.4 Å². The predicted molar refractivity (Wildman–Crippen MR) is 66.6 cm³/mol. The zero-order valence-electron chi connectivity index (χ0n) is 9.92. The number of unbranched alkanes of at least 4 members (excludes halogenated alkanes) is 3. The molecule has 0 saturated heterocycles. The van der Waals surface area contributed by atoms with E-state index in [1.165, 1.54) is 18.4 Å². The van der Waals surface area contributed by atoms with E-state index in [-0.39, 0.29) is 0 Å². The van der Waals surface area contributed by atoms with Gasteiger partial charge in [0, 0.05) is 12.7 Å². The Kier molecular flexibility index (Phi) is 8.87. The molecular formula is C11H24N4. The van der Waals surface area contributed by atoms with Crippen LogP contribution in [-0.2, 0) is 0 Å². The molecule has 0 bridgehead atoms. The van der Waals surface area contributed by atoms with E-state index in [0.717, 1.165) is 25.9 Å². The lowest BCUT2D eigenvalue weighted by Gasteiger charge is -2.01. The van der Waals surface area contributed by atoms with Gasteiger partial charge in [-0.2, -0.15) is 0 Å². The average molecular weight is 212 g/mol. The minimum Gasteiger partial charge on any atom is -0.370 e. The van der Waals surface area contributed by atoms with Crippen molar-refractivity contribution in [3.8, 4) is 0 Å². The van der Waals surface area contributed by atoms with E-state index in [1.54, 1.807) is 0 Å². The zero-order chi connectivity index (χ0) is 11.5. The second-order valence-corrected chi connectivity index (χ2v) is 3.84. The van der Waals surface area contributed by atoms with Crippen molar-refractivity contribution in [2.45, 2.75) is 39.5 Å². The fourth-order valence-electron chi connectivity index (χ4n) is 1.07. The van der Waals surface area contributed by atoms with E-state index in [4.69, 9.17) is 11.5 Å². The van der Waals surface area contributed by atoms with Gasteiger partial charge in [0.15, 0.2) is 5.96 Å². The number of nitrogens with one attached hydrogen (secondary N) is 1. The smallest absolute Gasteiger partial charge is 0.192 e. The van der Waals surface area contributed by atoms with Gasteiger partial charge in [0.1, 0.15) is 0 Å². The Labute approximate surface area is 92.8 Å². The number of nitrogens with zero attached hydrogens (tertiary/aromatic N) is 1. The summed E-state index contributed by atoms with van der Waals surface area (Å²) in [6.45, 7) is 5.59. The fraction of sp³-hybridized carbons (Fsp3) is 0.727. The van der Waals surface area contributed by atoms with Crippen LogP contribution in [0.15, 0.2) is 16.8 Å². The summed E-state index contributed by atoms with van der Waals surface area (Å²) in [6, 6.07) is 0. The zero-order valence-corrected chi connectivity index (χ0v) is 9.92. The Hall–Kier alpha value is -1.03. The predicted octanol–water partition coefficient (Wildman–Crippen LogP) is 1.33. The maximum absolute atomic E-state index is 5.64. The van der Waals surface area contributed by atoms with Crippen LogP contribution in [0.1, 0.15) is 39.5 Å². The molecule has 0 radical (unpaired) electrons. The number of hydrogen-bond donors (Lipinski definition) is 3. The van der Waals surface area contributed by atoms with E-state index < -0.39 is 0 Å². The highest BCUT2D eigenvalue weighted by Gasteiger charge is 1.89. The van der Waals surface area contributed by atoms with E-state index in [1.807, 2.05) is 20.0 Å². The average Bonchev–Trinajstić information content (AvgIpc) is 2.20. The molecule has 4 heteroatoms. The fourth-order valence-corrected chi connectivity index (χ4v) is 1.07. The highest BCUT2D eigenvalue weighted by Crippen LogP contribution is 1.98. The molecule has 0 spiro atoms. The minimum atomic E-state index is 0.495. The Morgan fingerprint density at radius 1 is 1.20 bits per heavy atom. The summed E-state index contributed by atoms with van der Waals surface area (Å²) in [5, 5.41) is 2.93. The first kappa shape index (κ1) is 14.0. The lowest BCUT2D eigenvalue weighted by atomic mass is 10.2. The van der Waals surface area contributed by atoms with Crippen LogP contribution in [0.5, 0.6) is 0 Å². The van der Waals surface area contributed by atoms with Crippen LogP contribution < -0.4 is 16.8 Å². The van der Waals surface area contributed by atoms with E-state index in [0.29, 0.717) is 5.96 Å². The molecule has 0 rings (SSSR count). The first-order valence-corrected chi connectivity index (χ1v) is 5.56. The van der Waals surface area contributed by atoms with Gasteiger partial charge in [-0.3, -0.25) is 4.99 Å². The molecule has 0 unspecified atom stereocenters. The summed E-state index contributed by atoms with van der Waals surface area (Å²) >= 11 is 0. The van der Waals surface area contributed by atoms with Gasteiger partial charge in [-0.25, -0.2) is 0 Å². The molecule has 0 aromatic carbocycles. The van der Waals surface area contributed by atoms with Crippen LogP contribution in [0.25, 0.3) is 0 Å². The highest BCUT2D eigenvalue weighted by molar-refractivity contribution is 5.78. The van der Waals surface area contributed by atoms with Crippen molar-refractivity contribution in [3.05, 3.63) is 11.8 Å².